The molecule has 0 atom stereocenters. The summed E-state index contributed by atoms with van der Waals surface area (Å²) in [5, 5.41) is 15.7. The van der Waals surface area contributed by atoms with Gasteiger partial charge in [0.25, 0.3) is 5.69 Å². The van der Waals surface area contributed by atoms with Crippen LogP contribution in [-0.2, 0) is 20.1 Å². The highest BCUT2D eigenvalue weighted by atomic mass is 79.9. The molecule has 0 spiro atoms. The Hall–Kier alpha value is -1.60. The van der Waals surface area contributed by atoms with E-state index in [2.05, 4.69) is 21.0 Å². The molecule has 0 saturated heterocycles. The molecule has 2 rings (SSSR count). The maximum atomic E-state index is 10.8. The molecule has 0 radical (unpaired) electrons. The van der Waals surface area contributed by atoms with Crippen LogP contribution in [0.1, 0.15) is 18.3 Å². The molecule has 0 bridgehead atoms. The van der Waals surface area contributed by atoms with E-state index in [-0.39, 0.29) is 12.3 Å². The predicted octanol–water partition coefficient (Wildman–Crippen LogP) is 3.89. The number of non-ortho nitro benzene ring substituents is 1. The summed E-state index contributed by atoms with van der Waals surface area (Å²) < 4.78 is 7.94. The minimum Gasteiger partial charge on any atom is -0.486 e. The van der Waals surface area contributed by atoms with Crippen molar-refractivity contribution in [1.82, 2.24) is 9.78 Å². The van der Waals surface area contributed by atoms with Gasteiger partial charge in [-0.3, -0.25) is 14.8 Å². The highest BCUT2D eigenvalue weighted by Gasteiger charge is 2.15. The SMILES string of the molecule is CCc1nn(C)c(COc2cc([N+](=O)[O-])ccc2Br)c1Cl. The number of halogens is 2. The van der Waals surface area contributed by atoms with Crippen LogP contribution in [0, 0.1) is 10.1 Å². The van der Waals surface area contributed by atoms with Gasteiger partial charge >= 0.3 is 0 Å². The van der Waals surface area contributed by atoms with Gasteiger partial charge in [-0.15, -0.1) is 0 Å². The van der Waals surface area contributed by atoms with E-state index >= 15 is 0 Å². The number of benzene rings is 1. The molecule has 1 heterocycles. The number of nitro groups is 1. The number of hydrogen-bond acceptors (Lipinski definition) is 4. The topological polar surface area (TPSA) is 70.2 Å². The van der Waals surface area contributed by atoms with Crippen molar-refractivity contribution in [2.45, 2.75) is 20.0 Å². The summed E-state index contributed by atoms with van der Waals surface area (Å²) in [6.07, 6.45) is 0.729. The van der Waals surface area contributed by atoms with Crippen molar-refractivity contribution in [1.29, 1.82) is 0 Å². The van der Waals surface area contributed by atoms with Crippen molar-refractivity contribution < 1.29 is 9.66 Å². The van der Waals surface area contributed by atoms with Crippen LogP contribution < -0.4 is 4.74 Å². The molecule has 0 N–H and O–H groups in total. The van der Waals surface area contributed by atoms with Gasteiger partial charge in [0.05, 0.1) is 31.9 Å². The second-order valence-corrected chi connectivity index (χ2v) is 5.58. The molecule has 0 aliphatic rings. The smallest absolute Gasteiger partial charge is 0.273 e. The molecule has 2 aromatic rings. The molecule has 21 heavy (non-hydrogen) atoms. The van der Waals surface area contributed by atoms with Crippen molar-refractivity contribution in [3.63, 3.8) is 0 Å². The molecule has 0 fully saturated rings. The maximum absolute atomic E-state index is 10.8. The first-order valence-corrected chi connectivity index (χ1v) is 7.38. The van der Waals surface area contributed by atoms with Crippen molar-refractivity contribution in [3.05, 3.63) is 49.2 Å². The average molecular weight is 375 g/mol. The van der Waals surface area contributed by atoms with Gasteiger partial charge in [0.2, 0.25) is 0 Å². The molecule has 8 heteroatoms. The lowest BCUT2D eigenvalue weighted by molar-refractivity contribution is -0.385. The lowest BCUT2D eigenvalue weighted by Crippen LogP contribution is -2.04. The largest absolute Gasteiger partial charge is 0.486 e. The Morgan fingerprint density at radius 3 is 2.81 bits per heavy atom. The fourth-order valence-corrected chi connectivity index (χ4v) is 2.55. The summed E-state index contributed by atoms with van der Waals surface area (Å²) in [6, 6.07) is 4.36. The highest BCUT2D eigenvalue weighted by molar-refractivity contribution is 9.10. The number of aromatic nitrogens is 2. The van der Waals surface area contributed by atoms with Crippen LogP contribution in [0.2, 0.25) is 5.02 Å². The summed E-state index contributed by atoms with van der Waals surface area (Å²) in [4.78, 5) is 10.3. The fraction of sp³-hybridized carbons (Fsp3) is 0.308. The van der Waals surface area contributed by atoms with E-state index in [0.717, 1.165) is 17.8 Å². The fourth-order valence-electron chi connectivity index (χ4n) is 1.84. The second kappa shape index (κ2) is 6.44. The Labute approximate surface area is 134 Å². The molecule has 0 amide bonds. The summed E-state index contributed by atoms with van der Waals surface area (Å²) in [5.41, 5.74) is 1.50. The number of hydrogen-bond donors (Lipinski definition) is 0. The van der Waals surface area contributed by atoms with E-state index in [0.29, 0.717) is 15.2 Å². The standard InChI is InChI=1S/C13H13BrClN3O3/c1-3-10-13(15)11(17(2)16-10)7-21-12-6-8(18(19)20)4-5-9(12)14/h4-6H,3,7H2,1-2H3. The Morgan fingerprint density at radius 1 is 1.52 bits per heavy atom. The first kappa shape index (κ1) is 15.8. The molecule has 6 nitrogen and oxygen atoms in total. The van der Waals surface area contributed by atoms with E-state index in [1.54, 1.807) is 17.8 Å². The van der Waals surface area contributed by atoms with Gasteiger partial charge in [-0.05, 0) is 28.4 Å². The van der Waals surface area contributed by atoms with Crippen LogP contribution in [0.3, 0.4) is 0 Å². The summed E-state index contributed by atoms with van der Waals surface area (Å²) in [6.45, 7) is 2.15. The number of aryl methyl sites for hydroxylation is 2. The van der Waals surface area contributed by atoms with Crippen molar-refractivity contribution in [2.75, 3.05) is 0 Å². The van der Waals surface area contributed by atoms with Crippen molar-refractivity contribution in [3.8, 4) is 5.75 Å². The number of nitrogens with zero attached hydrogens (tertiary/aromatic N) is 3. The number of nitro benzene ring substituents is 1. The molecule has 112 valence electrons. The molecule has 1 aromatic carbocycles. The van der Waals surface area contributed by atoms with Crippen molar-refractivity contribution >= 4 is 33.2 Å². The van der Waals surface area contributed by atoms with Crippen molar-refractivity contribution in [2.24, 2.45) is 7.05 Å². The van der Waals surface area contributed by atoms with Crippen LogP contribution in [0.5, 0.6) is 5.75 Å². The van der Waals surface area contributed by atoms with E-state index in [1.807, 2.05) is 6.92 Å². The summed E-state index contributed by atoms with van der Waals surface area (Å²) in [5.74, 6) is 0.388. The molecule has 0 unspecified atom stereocenters. The molecule has 0 aliphatic carbocycles. The molecule has 0 saturated carbocycles. The van der Waals surface area contributed by atoms with Gasteiger partial charge in [0.1, 0.15) is 12.4 Å². The van der Waals surface area contributed by atoms with E-state index < -0.39 is 4.92 Å². The molecule has 0 aliphatic heterocycles. The van der Waals surface area contributed by atoms with E-state index in [4.69, 9.17) is 16.3 Å². The minimum absolute atomic E-state index is 0.0291. The third kappa shape index (κ3) is 3.36. The Balaban J connectivity index is 2.22. The monoisotopic (exact) mass is 373 g/mol. The summed E-state index contributed by atoms with van der Waals surface area (Å²) in [7, 11) is 1.78. The zero-order chi connectivity index (χ0) is 15.6. The highest BCUT2D eigenvalue weighted by Crippen LogP contribution is 2.31. The maximum Gasteiger partial charge on any atom is 0.273 e. The molecule has 1 aromatic heterocycles. The first-order chi connectivity index (χ1) is 9.93. The van der Waals surface area contributed by atoms with Gasteiger partial charge in [0.15, 0.2) is 0 Å². The normalized spacial score (nSPS) is 10.7. The van der Waals surface area contributed by atoms with Gasteiger partial charge in [-0.2, -0.15) is 5.10 Å². The molecular weight excluding hydrogens is 362 g/mol. The lowest BCUT2D eigenvalue weighted by atomic mass is 10.3. The quantitative estimate of drug-likeness (QED) is 0.588. The number of rotatable bonds is 5. The second-order valence-electron chi connectivity index (χ2n) is 4.35. The van der Waals surface area contributed by atoms with Gasteiger partial charge in [-0.1, -0.05) is 18.5 Å². The van der Waals surface area contributed by atoms with Crippen LogP contribution in [0.25, 0.3) is 0 Å². The first-order valence-electron chi connectivity index (χ1n) is 6.21. The van der Waals surface area contributed by atoms with Crippen LogP contribution in [-0.4, -0.2) is 14.7 Å². The third-order valence-corrected chi connectivity index (χ3v) is 4.08. The minimum atomic E-state index is -0.467. The van der Waals surface area contributed by atoms with Crippen LogP contribution in [0.15, 0.2) is 22.7 Å². The van der Waals surface area contributed by atoms with E-state index in [9.17, 15) is 10.1 Å². The van der Waals surface area contributed by atoms with Gasteiger partial charge in [-0.25, -0.2) is 0 Å². The average Bonchev–Trinajstić information content (AvgIpc) is 2.72. The Bertz CT molecular complexity index is 688. The molecular formula is C13H13BrClN3O3. The van der Waals surface area contributed by atoms with Crippen LogP contribution in [0.4, 0.5) is 5.69 Å². The third-order valence-electron chi connectivity index (χ3n) is 2.99. The van der Waals surface area contributed by atoms with Gasteiger partial charge in [0, 0.05) is 13.1 Å². The van der Waals surface area contributed by atoms with Gasteiger partial charge < -0.3 is 4.74 Å². The van der Waals surface area contributed by atoms with Crippen LogP contribution >= 0.6 is 27.5 Å². The zero-order valence-electron chi connectivity index (χ0n) is 11.5. The Kier molecular flexibility index (Phi) is 4.84. The zero-order valence-corrected chi connectivity index (χ0v) is 13.8. The number of ether oxygens (including phenoxy) is 1. The van der Waals surface area contributed by atoms with E-state index in [1.165, 1.54) is 12.1 Å². The Morgan fingerprint density at radius 2 is 2.24 bits per heavy atom. The summed E-state index contributed by atoms with van der Waals surface area (Å²) >= 11 is 9.54. The lowest BCUT2D eigenvalue weighted by Gasteiger charge is -2.08. The predicted molar refractivity (Wildman–Crippen MR) is 82.7 cm³/mol.